The molecule has 1 fully saturated rings. The third-order valence-corrected chi connectivity index (χ3v) is 4.47. The smallest absolute Gasteiger partial charge is 0.317 e. The number of hydrogen-bond acceptors (Lipinski definition) is 1. The number of fused-ring (bicyclic) bond motifs is 1. The topological polar surface area (TPSA) is 48.1 Å². The van der Waals surface area contributed by atoms with Crippen LogP contribution in [0.3, 0.4) is 0 Å². The first-order chi connectivity index (χ1) is 10.5. The van der Waals surface area contributed by atoms with Gasteiger partial charge in [-0.25, -0.2) is 4.79 Å². The van der Waals surface area contributed by atoms with Crippen molar-refractivity contribution in [2.75, 3.05) is 13.1 Å². The van der Waals surface area contributed by atoms with Gasteiger partial charge in [-0.15, -0.1) is 0 Å². The van der Waals surface area contributed by atoms with E-state index >= 15 is 0 Å². The molecule has 0 spiro atoms. The second-order valence-corrected chi connectivity index (χ2v) is 6.76. The molecule has 2 amide bonds. The summed E-state index contributed by atoms with van der Waals surface area (Å²) < 4.78 is 0. The zero-order valence-corrected chi connectivity index (χ0v) is 13.8. The standard InChI is InChI=1S/C17H22ClN3O/c1-11(2)19-17(22)21-7-5-12(6-8-21)16-10-13-9-14(18)3-4-15(13)20-16/h3-4,9-12,20H,5-8H2,1-2H3,(H,19,22). The summed E-state index contributed by atoms with van der Waals surface area (Å²) in [5.41, 5.74) is 2.38. The quantitative estimate of drug-likeness (QED) is 0.859. The van der Waals surface area contributed by atoms with E-state index in [-0.39, 0.29) is 12.1 Å². The number of aromatic amines is 1. The van der Waals surface area contributed by atoms with Crippen molar-refractivity contribution in [1.29, 1.82) is 0 Å². The number of nitrogens with one attached hydrogen (secondary N) is 2. The Labute approximate surface area is 135 Å². The molecule has 5 heteroatoms. The Hall–Kier alpha value is -1.68. The Morgan fingerprint density at radius 2 is 2.05 bits per heavy atom. The van der Waals surface area contributed by atoms with Crippen LogP contribution >= 0.6 is 11.6 Å². The van der Waals surface area contributed by atoms with Crippen molar-refractivity contribution in [3.05, 3.63) is 35.0 Å². The van der Waals surface area contributed by atoms with Gasteiger partial charge in [0.25, 0.3) is 0 Å². The predicted octanol–water partition coefficient (Wildman–Crippen LogP) is 4.12. The van der Waals surface area contributed by atoms with Crippen molar-refractivity contribution in [3.63, 3.8) is 0 Å². The van der Waals surface area contributed by atoms with Gasteiger partial charge in [0.05, 0.1) is 0 Å². The number of H-pyrrole nitrogens is 1. The molecule has 1 aliphatic heterocycles. The Balaban J connectivity index is 1.66. The number of likely N-dealkylation sites (tertiary alicyclic amines) is 1. The van der Waals surface area contributed by atoms with Gasteiger partial charge in [-0.05, 0) is 51.0 Å². The molecule has 0 bridgehead atoms. The summed E-state index contributed by atoms with van der Waals surface area (Å²) in [6.45, 7) is 5.58. The first-order valence-corrected chi connectivity index (χ1v) is 8.24. The number of carbonyl (C=O) groups excluding carboxylic acids is 1. The fourth-order valence-electron chi connectivity index (χ4n) is 3.08. The lowest BCUT2D eigenvalue weighted by molar-refractivity contribution is 0.178. The molecule has 2 heterocycles. The SMILES string of the molecule is CC(C)NC(=O)N1CCC(c2cc3cc(Cl)ccc3[nH]2)CC1. The molecule has 22 heavy (non-hydrogen) atoms. The number of benzene rings is 1. The highest BCUT2D eigenvalue weighted by molar-refractivity contribution is 6.31. The summed E-state index contributed by atoms with van der Waals surface area (Å²) in [7, 11) is 0. The maximum absolute atomic E-state index is 12.0. The third kappa shape index (κ3) is 3.22. The van der Waals surface area contributed by atoms with Crippen LogP contribution in [0.2, 0.25) is 5.02 Å². The number of nitrogens with zero attached hydrogens (tertiary/aromatic N) is 1. The van der Waals surface area contributed by atoms with Crippen molar-refractivity contribution in [1.82, 2.24) is 15.2 Å². The molecule has 2 N–H and O–H groups in total. The van der Waals surface area contributed by atoms with Gasteiger partial charge >= 0.3 is 6.03 Å². The molecule has 1 aromatic heterocycles. The molecule has 0 unspecified atom stereocenters. The van der Waals surface area contributed by atoms with E-state index in [9.17, 15) is 4.79 Å². The molecule has 1 aliphatic rings. The Bertz CT molecular complexity index is 672. The number of halogens is 1. The minimum absolute atomic E-state index is 0.0527. The van der Waals surface area contributed by atoms with Crippen LogP contribution in [-0.2, 0) is 0 Å². The second kappa shape index (κ2) is 6.21. The Morgan fingerprint density at radius 3 is 2.73 bits per heavy atom. The Morgan fingerprint density at radius 1 is 1.32 bits per heavy atom. The summed E-state index contributed by atoms with van der Waals surface area (Å²) in [5, 5.41) is 4.88. The van der Waals surface area contributed by atoms with Gasteiger partial charge in [-0.2, -0.15) is 0 Å². The van der Waals surface area contributed by atoms with Crippen LogP contribution in [0.1, 0.15) is 38.3 Å². The van der Waals surface area contributed by atoms with E-state index in [4.69, 9.17) is 11.6 Å². The van der Waals surface area contributed by atoms with E-state index in [1.165, 1.54) is 5.69 Å². The van der Waals surface area contributed by atoms with Crippen molar-refractivity contribution in [2.45, 2.75) is 38.6 Å². The Kier molecular flexibility index (Phi) is 4.30. The van der Waals surface area contributed by atoms with Gasteiger partial charge in [0.2, 0.25) is 0 Å². The monoisotopic (exact) mass is 319 g/mol. The van der Waals surface area contributed by atoms with Crippen LogP contribution < -0.4 is 5.32 Å². The molecule has 0 aliphatic carbocycles. The molecule has 1 saturated heterocycles. The summed E-state index contributed by atoms with van der Waals surface area (Å²) in [6, 6.07) is 8.34. The lowest BCUT2D eigenvalue weighted by Gasteiger charge is -2.32. The first-order valence-electron chi connectivity index (χ1n) is 7.86. The van der Waals surface area contributed by atoms with Crippen molar-refractivity contribution in [2.24, 2.45) is 0 Å². The fourth-order valence-corrected chi connectivity index (χ4v) is 3.26. The molecule has 118 valence electrons. The van der Waals surface area contributed by atoms with E-state index in [1.54, 1.807) is 0 Å². The zero-order valence-electron chi connectivity index (χ0n) is 13.0. The number of hydrogen-bond donors (Lipinski definition) is 2. The van der Waals surface area contributed by atoms with Crippen LogP contribution in [0.5, 0.6) is 0 Å². The molecular formula is C17H22ClN3O. The van der Waals surface area contributed by atoms with Crippen LogP contribution in [0.25, 0.3) is 10.9 Å². The van der Waals surface area contributed by atoms with Gasteiger partial charge in [-0.3, -0.25) is 0 Å². The van der Waals surface area contributed by atoms with Gasteiger partial charge in [0.15, 0.2) is 0 Å². The van der Waals surface area contributed by atoms with Crippen LogP contribution in [-0.4, -0.2) is 35.0 Å². The van der Waals surface area contributed by atoms with E-state index in [0.29, 0.717) is 5.92 Å². The van der Waals surface area contributed by atoms with Gasteiger partial charge in [0, 0.05) is 46.7 Å². The molecule has 4 nitrogen and oxygen atoms in total. The molecular weight excluding hydrogens is 298 g/mol. The van der Waals surface area contributed by atoms with Crippen molar-refractivity contribution < 1.29 is 4.79 Å². The maximum atomic E-state index is 12.0. The minimum atomic E-state index is 0.0527. The highest BCUT2D eigenvalue weighted by atomic mass is 35.5. The summed E-state index contributed by atoms with van der Waals surface area (Å²) >= 11 is 6.04. The summed E-state index contributed by atoms with van der Waals surface area (Å²) in [6.07, 6.45) is 1.98. The van der Waals surface area contributed by atoms with Crippen LogP contribution in [0, 0.1) is 0 Å². The van der Waals surface area contributed by atoms with Gasteiger partial charge in [0.1, 0.15) is 0 Å². The van der Waals surface area contributed by atoms with Gasteiger partial charge in [-0.1, -0.05) is 11.6 Å². The molecule has 0 saturated carbocycles. The van der Waals surface area contributed by atoms with Crippen molar-refractivity contribution in [3.8, 4) is 0 Å². The van der Waals surface area contributed by atoms with E-state index < -0.39 is 0 Å². The lowest BCUT2D eigenvalue weighted by atomic mass is 9.94. The van der Waals surface area contributed by atoms with Crippen LogP contribution in [0.4, 0.5) is 4.79 Å². The molecule has 2 aromatic rings. The average Bonchev–Trinajstić information content (AvgIpc) is 2.89. The van der Waals surface area contributed by atoms with Crippen LogP contribution in [0.15, 0.2) is 24.3 Å². The maximum Gasteiger partial charge on any atom is 0.317 e. The molecule has 0 radical (unpaired) electrons. The second-order valence-electron chi connectivity index (χ2n) is 6.32. The largest absolute Gasteiger partial charge is 0.358 e. The lowest BCUT2D eigenvalue weighted by Crippen LogP contribution is -2.46. The molecule has 0 atom stereocenters. The number of rotatable bonds is 2. The zero-order chi connectivity index (χ0) is 15.7. The van der Waals surface area contributed by atoms with E-state index in [1.807, 2.05) is 36.9 Å². The summed E-state index contributed by atoms with van der Waals surface area (Å²) in [5.74, 6) is 0.481. The predicted molar refractivity (Wildman–Crippen MR) is 90.5 cm³/mol. The van der Waals surface area contributed by atoms with Crippen molar-refractivity contribution >= 4 is 28.5 Å². The normalized spacial score (nSPS) is 16.5. The van der Waals surface area contributed by atoms with E-state index in [0.717, 1.165) is 41.9 Å². The molecule has 3 rings (SSSR count). The number of amides is 2. The fraction of sp³-hybridized carbons (Fsp3) is 0.471. The highest BCUT2D eigenvalue weighted by Gasteiger charge is 2.25. The average molecular weight is 320 g/mol. The number of aromatic nitrogens is 1. The first kappa shape index (κ1) is 15.2. The van der Waals surface area contributed by atoms with E-state index in [2.05, 4.69) is 16.4 Å². The minimum Gasteiger partial charge on any atom is -0.358 e. The van der Waals surface area contributed by atoms with Gasteiger partial charge < -0.3 is 15.2 Å². The highest BCUT2D eigenvalue weighted by Crippen LogP contribution is 2.30. The third-order valence-electron chi connectivity index (χ3n) is 4.24. The number of piperidine rings is 1. The number of urea groups is 1. The molecule has 1 aromatic carbocycles. The number of carbonyl (C=O) groups is 1. The summed E-state index contributed by atoms with van der Waals surface area (Å²) in [4.78, 5) is 17.4.